The molecule has 0 amide bonds. The number of rotatable bonds is 0. The van der Waals surface area contributed by atoms with Crippen LogP contribution in [0.2, 0.25) is 0 Å². The summed E-state index contributed by atoms with van der Waals surface area (Å²) in [6.07, 6.45) is 4.99. The Bertz CT molecular complexity index is 181. The van der Waals surface area contributed by atoms with Crippen molar-refractivity contribution in [3.05, 3.63) is 17.6 Å². The van der Waals surface area contributed by atoms with E-state index in [1.165, 1.54) is 12.8 Å². The van der Waals surface area contributed by atoms with Crippen molar-refractivity contribution in [1.29, 1.82) is 0 Å². The van der Waals surface area contributed by atoms with Crippen molar-refractivity contribution >= 4 is 0 Å². The predicted molar refractivity (Wildman–Crippen MR) is 54.9 cm³/mol. The highest BCUT2D eigenvalue weighted by Crippen LogP contribution is 2.42. The predicted octanol–water partition coefficient (Wildman–Crippen LogP) is 3.98. The van der Waals surface area contributed by atoms with Gasteiger partial charge < -0.3 is 0 Å². The second-order valence-corrected chi connectivity index (χ2v) is 5.08. The average Bonchev–Trinajstić information content (AvgIpc) is 1.83. The fourth-order valence-corrected chi connectivity index (χ4v) is 2.23. The fraction of sp³-hybridized carbons (Fsp3) is 0.750. The van der Waals surface area contributed by atoms with E-state index in [0.717, 1.165) is 0 Å². The maximum atomic E-state index is 2.42. The summed E-state index contributed by atoms with van der Waals surface area (Å²) in [5.41, 5.74) is 1.96. The Balaban J connectivity index is 2.72. The molecule has 0 spiro atoms. The Kier molecular flexibility index (Phi) is 2.65. The molecule has 1 aliphatic rings. The number of hydrogen-bond donors (Lipinski definition) is 0. The lowest BCUT2D eigenvalue weighted by molar-refractivity contribution is 0.348. The van der Waals surface area contributed by atoms with Crippen molar-refractivity contribution in [1.82, 2.24) is 0 Å². The molecule has 0 heteroatoms. The first kappa shape index (κ1) is 9.83. The molecule has 69 valence electrons. The summed E-state index contributed by atoms with van der Waals surface area (Å²) in [6, 6.07) is 0. The molecule has 12 heavy (non-hydrogen) atoms. The van der Waals surface area contributed by atoms with Crippen LogP contribution in [-0.2, 0) is 0 Å². The lowest BCUT2D eigenvalue weighted by Gasteiger charge is -2.36. The van der Waals surface area contributed by atoms with Crippen molar-refractivity contribution in [2.24, 2.45) is 11.3 Å². The lowest BCUT2D eigenvalue weighted by atomic mass is 9.68. The summed E-state index contributed by atoms with van der Waals surface area (Å²) in [4.78, 5) is 0. The Morgan fingerprint density at radius 1 is 1.25 bits per heavy atom. The Hall–Kier alpha value is -0.260. The van der Waals surface area contributed by atoms with Gasteiger partial charge in [0.25, 0.3) is 0 Å². The monoisotopic (exact) mass is 165 g/mol. The van der Waals surface area contributed by atoms with Gasteiger partial charge in [0.05, 0.1) is 0 Å². The molecule has 0 heterocycles. The molecule has 0 saturated heterocycles. The van der Waals surface area contributed by atoms with Gasteiger partial charge in [-0.15, -0.1) is 0 Å². The molecule has 0 N–H and O–H groups in total. The second kappa shape index (κ2) is 3.24. The molecule has 0 unspecified atom stereocenters. The Morgan fingerprint density at radius 2 is 1.83 bits per heavy atom. The zero-order valence-corrected chi connectivity index (χ0v) is 9.07. The van der Waals surface area contributed by atoms with Crippen molar-refractivity contribution in [3.63, 3.8) is 0 Å². The zero-order chi connectivity index (χ0) is 9.35. The molecule has 0 aromatic carbocycles. The third-order valence-electron chi connectivity index (χ3n) is 2.84. The van der Waals surface area contributed by atoms with Gasteiger partial charge in [-0.3, -0.25) is 0 Å². The first-order valence-corrected chi connectivity index (χ1v) is 4.95. The van der Waals surface area contributed by atoms with Crippen LogP contribution in [0.15, 0.2) is 11.6 Å². The van der Waals surface area contributed by atoms with Gasteiger partial charge in [-0.25, -0.2) is 0 Å². The quantitative estimate of drug-likeness (QED) is 0.476. The van der Waals surface area contributed by atoms with Crippen LogP contribution in [0.5, 0.6) is 0 Å². The fourth-order valence-electron chi connectivity index (χ4n) is 2.23. The first-order valence-electron chi connectivity index (χ1n) is 4.95. The van der Waals surface area contributed by atoms with Crippen LogP contribution in [0.4, 0.5) is 0 Å². The topological polar surface area (TPSA) is 0 Å². The minimum absolute atomic E-state index is 0.399. The van der Waals surface area contributed by atoms with Crippen molar-refractivity contribution < 1.29 is 0 Å². The Labute approximate surface area is 77.1 Å². The highest BCUT2D eigenvalue weighted by atomic mass is 14.3. The molecule has 0 nitrogen and oxygen atoms in total. The molecule has 1 radical (unpaired) electrons. The van der Waals surface area contributed by atoms with E-state index < -0.39 is 0 Å². The van der Waals surface area contributed by atoms with Gasteiger partial charge in [0.15, 0.2) is 0 Å². The first-order chi connectivity index (χ1) is 5.41. The maximum absolute atomic E-state index is 2.42. The molecular formula is C12H21. The number of hydrogen-bond acceptors (Lipinski definition) is 0. The highest BCUT2D eigenvalue weighted by molar-refractivity contribution is 5.19. The normalized spacial score (nSPS) is 27.1. The lowest BCUT2D eigenvalue weighted by Crippen LogP contribution is -2.26. The zero-order valence-electron chi connectivity index (χ0n) is 9.07. The summed E-state index contributed by atoms with van der Waals surface area (Å²) in [5.74, 6) is 2.41. The third-order valence-corrected chi connectivity index (χ3v) is 2.84. The largest absolute Gasteiger partial charge is 0.0822 e. The van der Waals surface area contributed by atoms with E-state index in [0.29, 0.717) is 11.3 Å². The standard InChI is InChI=1S/C12H21/c1-9-6-7-11(10(2)8-9)12(3,4)5/h8,10H,6-7H2,1-5H3/t10-/m1/s1. The van der Waals surface area contributed by atoms with Gasteiger partial charge >= 0.3 is 0 Å². The van der Waals surface area contributed by atoms with E-state index in [1.54, 1.807) is 11.5 Å². The molecule has 0 fully saturated rings. The molecule has 1 rings (SSSR count). The van der Waals surface area contributed by atoms with Crippen LogP contribution in [0.1, 0.15) is 47.5 Å². The number of allylic oxidation sites excluding steroid dienone is 2. The summed E-state index contributed by atoms with van der Waals surface area (Å²) < 4.78 is 0. The molecule has 0 aliphatic heterocycles. The van der Waals surface area contributed by atoms with E-state index in [2.05, 4.69) is 40.7 Å². The molecule has 1 atom stereocenters. The molecule has 1 aliphatic carbocycles. The van der Waals surface area contributed by atoms with Crippen molar-refractivity contribution in [3.8, 4) is 0 Å². The van der Waals surface area contributed by atoms with Crippen LogP contribution in [0, 0.1) is 17.3 Å². The van der Waals surface area contributed by atoms with Gasteiger partial charge in [-0.2, -0.15) is 0 Å². The third kappa shape index (κ3) is 2.12. The van der Waals surface area contributed by atoms with Crippen LogP contribution >= 0.6 is 0 Å². The Morgan fingerprint density at radius 3 is 2.25 bits per heavy atom. The maximum Gasteiger partial charge on any atom is -0.0118 e. The van der Waals surface area contributed by atoms with Crippen LogP contribution in [-0.4, -0.2) is 0 Å². The van der Waals surface area contributed by atoms with Crippen molar-refractivity contribution in [2.75, 3.05) is 0 Å². The minimum Gasteiger partial charge on any atom is -0.0822 e. The van der Waals surface area contributed by atoms with Crippen molar-refractivity contribution in [2.45, 2.75) is 47.5 Å². The van der Waals surface area contributed by atoms with E-state index >= 15 is 0 Å². The van der Waals surface area contributed by atoms with Gasteiger partial charge in [0, 0.05) is 0 Å². The van der Waals surface area contributed by atoms with Gasteiger partial charge in [-0.1, -0.05) is 39.3 Å². The van der Waals surface area contributed by atoms with E-state index in [-0.39, 0.29) is 0 Å². The van der Waals surface area contributed by atoms with Gasteiger partial charge in [0.2, 0.25) is 0 Å². The summed E-state index contributed by atoms with van der Waals surface area (Å²) in [5, 5.41) is 0. The van der Waals surface area contributed by atoms with Gasteiger partial charge in [-0.05, 0) is 37.0 Å². The summed E-state index contributed by atoms with van der Waals surface area (Å²) in [6.45, 7) is 11.5. The SMILES string of the molecule is CC1=C[C@@H](C)[C](C(C)(C)C)CC1. The van der Waals surface area contributed by atoms with Crippen LogP contribution < -0.4 is 0 Å². The summed E-state index contributed by atoms with van der Waals surface area (Å²) >= 11 is 0. The minimum atomic E-state index is 0.399. The molecule has 0 saturated carbocycles. The summed E-state index contributed by atoms with van der Waals surface area (Å²) in [7, 11) is 0. The van der Waals surface area contributed by atoms with Crippen LogP contribution in [0.25, 0.3) is 0 Å². The molecule has 0 bridgehead atoms. The average molecular weight is 165 g/mol. The van der Waals surface area contributed by atoms with Crippen LogP contribution in [0.3, 0.4) is 0 Å². The van der Waals surface area contributed by atoms with E-state index in [4.69, 9.17) is 0 Å². The van der Waals surface area contributed by atoms with Gasteiger partial charge in [0.1, 0.15) is 0 Å². The highest BCUT2D eigenvalue weighted by Gasteiger charge is 2.30. The molecule has 0 aromatic heterocycles. The molecular weight excluding hydrogens is 144 g/mol. The smallest absolute Gasteiger partial charge is 0.0118 e. The second-order valence-electron chi connectivity index (χ2n) is 5.08. The molecule has 0 aromatic rings. The van der Waals surface area contributed by atoms with E-state index in [1.807, 2.05) is 0 Å². The van der Waals surface area contributed by atoms with E-state index in [9.17, 15) is 0 Å².